The second kappa shape index (κ2) is 24.9. The van der Waals surface area contributed by atoms with Crippen molar-refractivity contribution >= 4 is 101 Å². The molecule has 18 aromatic rings. The number of para-hydroxylation sites is 4. The quantitative estimate of drug-likeness (QED) is 0.127. The fraction of sp³-hybridized carbons (Fsp3) is 0.0857. The molecule has 0 unspecified atom stereocenters. The molecule has 0 N–H and O–H groups in total. The number of fused-ring (bicyclic) bond motifs is 13. The zero-order valence-corrected chi connectivity index (χ0v) is 62.6. The summed E-state index contributed by atoms with van der Waals surface area (Å²) in [5.74, 6) is 0. The van der Waals surface area contributed by atoms with Gasteiger partial charge >= 0.3 is 0 Å². The fourth-order valence-corrected chi connectivity index (χ4v) is 19.0. The Kier molecular flexibility index (Phi) is 14.8. The van der Waals surface area contributed by atoms with Gasteiger partial charge in [0.2, 0.25) is 0 Å². The van der Waals surface area contributed by atoms with Crippen LogP contribution in [0.3, 0.4) is 0 Å². The van der Waals surface area contributed by atoms with Gasteiger partial charge in [-0.2, -0.15) is 0 Å². The molecule has 2 aliphatic heterocycles. The standard InChI is InChI=1S/C105H79BN4/c1-103(2,3)74-59-83(68-35-13-7-14-36-68)101(84(60-74)69-37-15-8-16-38-69)109-96-63-76(107-92-53-31-26-48-79(92)80-49-27-32-54-93(80)107)57-58-90(96)106-91-67-89-87(78-47-25-30-52-88(78)105(89,72-43-21-11-22-44-72)73-45-23-12-24-46-73)66-97(91)110(99-65-77(64-98(109)100(99)106)108-94-55-33-28-50-81(94)82-51-29-34-56-95(82)108)102-85(70-39-17-9-18-40-70)61-75(104(4,5)6)62-86(102)71-41-19-10-20-42-71/h7-67H,1-6H3. The third-order valence-corrected chi connectivity index (χ3v) is 24.0. The van der Waals surface area contributed by atoms with Gasteiger partial charge in [0.1, 0.15) is 0 Å². The van der Waals surface area contributed by atoms with E-state index in [1.54, 1.807) is 0 Å². The summed E-state index contributed by atoms with van der Waals surface area (Å²) in [6.07, 6.45) is 0. The van der Waals surface area contributed by atoms with Crippen LogP contribution in [-0.4, -0.2) is 15.8 Å². The molecular formula is C105H79BN4. The van der Waals surface area contributed by atoms with Crippen molar-refractivity contribution in [3.63, 3.8) is 0 Å². The Morgan fingerprint density at radius 1 is 0.255 bits per heavy atom. The molecule has 0 saturated carbocycles. The molecule has 1 aliphatic carbocycles. The summed E-state index contributed by atoms with van der Waals surface area (Å²) in [6, 6.07) is 141. The molecule has 21 rings (SSSR count). The van der Waals surface area contributed by atoms with Gasteiger partial charge in [0, 0.05) is 72.2 Å². The first kappa shape index (κ1) is 65.1. The minimum atomic E-state index is -0.718. The minimum Gasteiger partial charge on any atom is -0.310 e. The Morgan fingerprint density at radius 3 is 0.991 bits per heavy atom. The van der Waals surface area contributed by atoms with Crippen LogP contribution in [0.5, 0.6) is 0 Å². The van der Waals surface area contributed by atoms with Crippen LogP contribution in [0, 0.1) is 0 Å². The first-order valence-corrected chi connectivity index (χ1v) is 38.8. The van der Waals surface area contributed by atoms with Gasteiger partial charge in [0.05, 0.1) is 44.5 Å². The maximum Gasteiger partial charge on any atom is 0.252 e. The van der Waals surface area contributed by atoms with E-state index in [0.717, 1.165) is 112 Å². The SMILES string of the molecule is CC(C)(C)c1cc(-c2ccccc2)c(N2c3cc(-n4c5ccccc5c5ccccc54)ccc3B3c4cc5c(cc4N(c4c(-c6ccccc6)cc(C(C)(C)C)cc4-c4ccccc4)c4cc(-n6c7ccccc7c7ccccc76)cc2c43)-c2ccccc2C5(c2ccccc2)c2ccccc2)c(-c2ccccc2)c1. The molecule has 4 heterocycles. The maximum atomic E-state index is 2.77. The summed E-state index contributed by atoms with van der Waals surface area (Å²) in [4.78, 5) is 5.52. The average molecular weight is 1410 g/mol. The van der Waals surface area contributed by atoms with E-state index in [1.165, 1.54) is 82.4 Å². The molecule has 3 aliphatic rings. The van der Waals surface area contributed by atoms with Gasteiger partial charge in [-0.3, -0.25) is 0 Å². The molecule has 0 atom stereocenters. The topological polar surface area (TPSA) is 16.3 Å². The Morgan fingerprint density at radius 2 is 0.591 bits per heavy atom. The van der Waals surface area contributed by atoms with E-state index in [2.05, 4.69) is 431 Å². The van der Waals surface area contributed by atoms with E-state index in [-0.39, 0.29) is 17.5 Å². The molecule has 522 valence electrons. The predicted molar refractivity (Wildman–Crippen MR) is 466 cm³/mol. The van der Waals surface area contributed by atoms with Crippen molar-refractivity contribution in [2.45, 2.75) is 57.8 Å². The van der Waals surface area contributed by atoms with E-state index in [1.807, 2.05) is 0 Å². The second-order valence-corrected chi connectivity index (χ2v) is 32.3. The average Bonchev–Trinajstić information content (AvgIpc) is 1.10. The summed E-state index contributed by atoms with van der Waals surface area (Å²) in [6.45, 7) is 13.8. The monoisotopic (exact) mass is 1410 g/mol. The molecule has 16 aromatic carbocycles. The number of hydrogen-bond acceptors (Lipinski definition) is 2. The van der Waals surface area contributed by atoms with Gasteiger partial charge in [-0.15, -0.1) is 0 Å². The largest absolute Gasteiger partial charge is 0.310 e. The third kappa shape index (κ3) is 9.86. The first-order valence-electron chi connectivity index (χ1n) is 38.8. The van der Waals surface area contributed by atoms with Crippen molar-refractivity contribution < 1.29 is 0 Å². The Hall–Kier alpha value is -13.2. The number of anilines is 6. The first-order chi connectivity index (χ1) is 53.9. The smallest absolute Gasteiger partial charge is 0.252 e. The van der Waals surface area contributed by atoms with Gasteiger partial charge in [-0.25, -0.2) is 0 Å². The van der Waals surface area contributed by atoms with Crippen molar-refractivity contribution in [3.8, 4) is 67.0 Å². The van der Waals surface area contributed by atoms with E-state index in [0.29, 0.717) is 0 Å². The highest BCUT2D eigenvalue weighted by Gasteiger charge is 2.51. The van der Waals surface area contributed by atoms with Gasteiger partial charge in [-0.05, 0) is 173 Å². The Labute approximate surface area is 643 Å². The number of benzene rings is 16. The molecular weight excluding hydrogens is 1330 g/mol. The van der Waals surface area contributed by atoms with Crippen molar-refractivity contribution in [1.29, 1.82) is 0 Å². The summed E-state index contributed by atoms with van der Waals surface area (Å²) in [7, 11) is 0. The van der Waals surface area contributed by atoms with Crippen LogP contribution in [0.25, 0.3) is 111 Å². The molecule has 5 heteroatoms. The van der Waals surface area contributed by atoms with Gasteiger partial charge in [0.15, 0.2) is 0 Å². The summed E-state index contributed by atoms with van der Waals surface area (Å²) in [5, 5.41) is 4.84. The highest BCUT2D eigenvalue weighted by molar-refractivity contribution is 7.00. The van der Waals surface area contributed by atoms with Crippen LogP contribution in [0.1, 0.15) is 74.9 Å². The van der Waals surface area contributed by atoms with Crippen LogP contribution >= 0.6 is 0 Å². The second-order valence-electron chi connectivity index (χ2n) is 32.3. The lowest BCUT2D eigenvalue weighted by atomic mass is 9.33. The zero-order chi connectivity index (χ0) is 73.7. The summed E-state index contributed by atoms with van der Waals surface area (Å²) in [5.41, 5.74) is 35.0. The molecule has 0 saturated heterocycles. The van der Waals surface area contributed by atoms with Crippen molar-refractivity contribution in [3.05, 3.63) is 403 Å². The third-order valence-electron chi connectivity index (χ3n) is 24.0. The molecule has 0 spiro atoms. The van der Waals surface area contributed by atoms with Crippen LogP contribution in [0.4, 0.5) is 34.1 Å². The lowest BCUT2D eigenvalue weighted by Crippen LogP contribution is -2.61. The molecule has 0 amide bonds. The highest BCUT2D eigenvalue weighted by atomic mass is 15.2. The highest BCUT2D eigenvalue weighted by Crippen LogP contribution is 2.60. The molecule has 4 nitrogen and oxygen atoms in total. The lowest BCUT2D eigenvalue weighted by Gasteiger charge is -2.46. The summed E-state index contributed by atoms with van der Waals surface area (Å²) >= 11 is 0. The van der Waals surface area contributed by atoms with Gasteiger partial charge < -0.3 is 18.9 Å². The fourth-order valence-electron chi connectivity index (χ4n) is 19.0. The van der Waals surface area contributed by atoms with E-state index in [4.69, 9.17) is 0 Å². The molecule has 0 radical (unpaired) electrons. The van der Waals surface area contributed by atoms with Crippen molar-refractivity contribution in [2.75, 3.05) is 9.80 Å². The molecule has 2 aromatic heterocycles. The molecule has 110 heavy (non-hydrogen) atoms. The minimum absolute atomic E-state index is 0.230. The van der Waals surface area contributed by atoms with E-state index >= 15 is 0 Å². The zero-order valence-electron chi connectivity index (χ0n) is 62.6. The molecule has 0 bridgehead atoms. The van der Waals surface area contributed by atoms with Crippen molar-refractivity contribution in [2.24, 2.45) is 0 Å². The number of rotatable bonds is 10. The maximum absolute atomic E-state index is 2.77. The van der Waals surface area contributed by atoms with E-state index < -0.39 is 5.41 Å². The normalized spacial score (nSPS) is 13.4. The molecule has 0 fully saturated rings. The van der Waals surface area contributed by atoms with Crippen molar-refractivity contribution in [1.82, 2.24) is 9.13 Å². The van der Waals surface area contributed by atoms with Gasteiger partial charge in [0.25, 0.3) is 6.71 Å². The number of hydrogen-bond donors (Lipinski definition) is 0. The predicted octanol–water partition coefficient (Wildman–Crippen LogP) is 25.6. The summed E-state index contributed by atoms with van der Waals surface area (Å²) < 4.78 is 5.08. The van der Waals surface area contributed by atoms with Crippen LogP contribution in [-0.2, 0) is 16.2 Å². The lowest BCUT2D eigenvalue weighted by molar-refractivity contribution is 0.590. The number of nitrogens with zero attached hydrogens (tertiary/aromatic N) is 4. The van der Waals surface area contributed by atoms with Gasteiger partial charge in [-0.1, -0.05) is 333 Å². The van der Waals surface area contributed by atoms with Crippen LogP contribution in [0.2, 0.25) is 0 Å². The Balaban J connectivity index is 1.00. The van der Waals surface area contributed by atoms with E-state index in [9.17, 15) is 0 Å². The Bertz CT molecular complexity index is 6450. The van der Waals surface area contributed by atoms with Crippen LogP contribution in [0.15, 0.2) is 370 Å². The van der Waals surface area contributed by atoms with Crippen LogP contribution < -0.4 is 26.2 Å². The number of aromatic nitrogens is 2.